The first-order valence-electron chi connectivity index (χ1n) is 11.4. The number of rotatable bonds is 6. The summed E-state index contributed by atoms with van der Waals surface area (Å²) in [7, 11) is 0. The summed E-state index contributed by atoms with van der Waals surface area (Å²) in [6.45, 7) is 1.35. The minimum absolute atomic E-state index is 0.0587. The molecule has 5 heterocycles. The molecule has 0 radical (unpaired) electrons. The summed E-state index contributed by atoms with van der Waals surface area (Å²) in [5, 5.41) is 6.19. The summed E-state index contributed by atoms with van der Waals surface area (Å²) in [6, 6.07) is 8.32. The molecule has 2 amide bonds. The Hall–Kier alpha value is -3.44. The van der Waals surface area contributed by atoms with Crippen molar-refractivity contribution in [3.63, 3.8) is 0 Å². The van der Waals surface area contributed by atoms with Gasteiger partial charge in [-0.15, -0.1) is 11.8 Å². The molecule has 0 unspecified atom stereocenters. The third-order valence-electron chi connectivity index (χ3n) is 6.58. The van der Waals surface area contributed by atoms with Gasteiger partial charge in [0.15, 0.2) is 0 Å². The highest BCUT2D eigenvalue weighted by molar-refractivity contribution is 8.00. The quantitative estimate of drug-likeness (QED) is 0.507. The fraction of sp³-hybridized carbons (Fsp3) is 0.333. The zero-order valence-corrected chi connectivity index (χ0v) is 19.4. The number of pyridine rings is 2. The number of aromatic nitrogens is 2. The number of fused-ring (bicyclic) bond motifs is 1. The van der Waals surface area contributed by atoms with E-state index >= 15 is 0 Å². The molecule has 0 bridgehead atoms. The summed E-state index contributed by atoms with van der Waals surface area (Å²) in [5.74, 6) is -0.0974. The molecule has 0 aliphatic carbocycles. The second-order valence-electron chi connectivity index (χ2n) is 8.82. The Morgan fingerprint density at radius 3 is 2.97 bits per heavy atom. The van der Waals surface area contributed by atoms with E-state index in [1.807, 2.05) is 12.1 Å². The van der Waals surface area contributed by atoms with Gasteiger partial charge in [0.2, 0.25) is 5.91 Å². The molecule has 9 nitrogen and oxygen atoms in total. The number of halogens is 1. The number of nitrogens with zero attached hydrogens (tertiary/aromatic N) is 3. The zero-order chi connectivity index (χ0) is 24.1. The number of thioether (sulfide) groups is 1. The van der Waals surface area contributed by atoms with Gasteiger partial charge in [-0.25, -0.2) is 9.18 Å². The maximum atomic E-state index is 14.6. The highest BCUT2D eigenvalue weighted by Gasteiger charge is 2.33. The molecular formula is C24H22FN5O4S. The van der Waals surface area contributed by atoms with E-state index in [-0.39, 0.29) is 23.6 Å². The Balaban J connectivity index is 1.06. The first-order valence-corrected chi connectivity index (χ1v) is 12.4. The van der Waals surface area contributed by atoms with Gasteiger partial charge in [0, 0.05) is 28.8 Å². The number of carbonyl (C=O) groups excluding carboxylic acids is 2. The van der Waals surface area contributed by atoms with E-state index in [9.17, 15) is 18.8 Å². The van der Waals surface area contributed by atoms with Crippen molar-refractivity contribution in [2.75, 3.05) is 29.1 Å². The molecule has 11 heteroatoms. The number of benzene rings is 1. The molecule has 180 valence electrons. The Bertz CT molecular complexity index is 1430. The number of anilines is 2. The van der Waals surface area contributed by atoms with E-state index in [4.69, 9.17) is 4.74 Å². The molecule has 3 aromatic rings. The molecule has 2 N–H and O–H groups in total. The molecule has 2 atom stereocenters. The van der Waals surface area contributed by atoms with Crippen LogP contribution in [0.1, 0.15) is 24.4 Å². The number of amides is 2. The van der Waals surface area contributed by atoms with Crippen molar-refractivity contribution in [2.45, 2.75) is 36.4 Å². The van der Waals surface area contributed by atoms with Crippen LogP contribution in [0, 0.1) is 5.82 Å². The predicted molar refractivity (Wildman–Crippen MR) is 129 cm³/mol. The molecule has 1 aromatic carbocycles. The second kappa shape index (κ2) is 8.65. The monoisotopic (exact) mass is 495 g/mol. The van der Waals surface area contributed by atoms with Gasteiger partial charge in [0.05, 0.1) is 41.3 Å². The van der Waals surface area contributed by atoms with Crippen LogP contribution in [-0.2, 0) is 16.1 Å². The van der Waals surface area contributed by atoms with E-state index in [0.29, 0.717) is 66.2 Å². The third-order valence-corrected chi connectivity index (χ3v) is 7.65. The standard InChI is InChI=1S/C24H22FN5O4S/c25-15-9-27-16-4-6-21(32)30-11-18(22(15)23(16)30)26-7-1-2-14-10-29(24(33)34-14)13-3-5-19-17(8-13)28-20(31)12-35-19/h3-6,8-9,14,18,26H,1-2,7,10-12H2,(H,28,31)/t14-,18-/m1/s1. The summed E-state index contributed by atoms with van der Waals surface area (Å²) in [6.07, 6.45) is 1.87. The van der Waals surface area contributed by atoms with Gasteiger partial charge in [0.25, 0.3) is 5.56 Å². The number of hydrogen-bond acceptors (Lipinski definition) is 7. The number of cyclic esters (lactones) is 1. The molecule has 35 heavy (non-hydrogen) atoms. The molecule has 3 aliphatic heterocycles. The molecule has 1 fully saturated rings. The van der Waals surface area contributed by atoms with E-state index < -0.39 is 11.9 Å². The number of nitrogens with one attached hydrogen (secondary N) is 2. The molecule has 3 aliphatic rings. The molecule has 0 spiro atoms. The number of hydrogen-bond donors (Lipinski definition) is 2. The lowest BCUT2D eigenvalue weighted by Crippen LogP contribution is -2.27. The summed E-state index contributed by atoms with van der Waals surface area (Å²) in [5.41, 5.74) is 2.85. The SMILES string of the molecule is O=C1CSc2ccc(N3C[C@@H](CCCN[C@@H]4Cn5c(=O)ccc6ncc(F)c4c65)OC3=O)cc2N1. The van der Waals surface area contributed by atoms with Gasteiger partial charge in [-0.3, -0.25) is 19.5 Å². The average Bonchev–Trinajstić information content (AvgIpc) is 3.42. The van der Waals surface area contributed by atoms with Gasteiger partial charge in [-0.2, -0.15) is 0 Å². The largest absolute Gasteiger partial charge is 0.444 e. The van der Waals surface area contributed by atoms with E-state index in [2.05, 4.69) is 15.6 Å². The van der Waals surface area contributed by atoms with E-state index in [0.717, 1.165) is 4.90 Å². The predicted octanol–water partition coefficient (Wildman–Crippen LogP) is 3.03. The van der Waals surface area contributed by atoms with Crippen molar-refractivity contribution < 1.29 is 18.7 Å². The topological polar surface area (TPSA) is 106 Å². The van der Waals surface area contributed by atoms with Crippen LogP contribution in [0.2, 0.25) is 0 Å². The van der Waals surface area contributed by atoms with Gasteiger partial charge < -0.3 is 19.9 Å². The van der Waals surface area contributed by atoms with Crippen LogP contribution in [0.25, 0.3) is 11.0 Å². The highest BCUT2D eigenvalue weighted by atomic mass is 32.2. The summed E-state index contributed by atoms with van der Waals surface area (Å²) < 4.78 is 21.7. The Kier molecular flexibility index (Phi) is 5.45. The average molecular weight is 496 g/mol. The maximum absolute atomic E-state index is 14.6. The lowest BCUT2D eigenvalue weighted by Gasteiger charge is -2.20. The minimum Gasteiger partial charge on any atom is -0.444 e. The van der Waals surface area contributed by atoms with Gasteiger partial charge in [-0.05, 0) is 43.7 Å². The lowest BCUT2D eigenvalue weighted by molar-refractivity contribution is -0.113. The van der Waals surface area contributed by atoms with Crippen LogP contribution < -0.4 is 21.1 Å². The van der Waals surface area contributed by atoms with Crippen molar-refractivity contribution >= 4 is 46.2 Å². The minimum atomic E-state index is -0.424. The fourth-order valence-corrected chi connectivity index (χ4v) is 5.73. The van der Waals surface area contributed by atoms with Crippen LogP contribution in [0.15, 0.2) is 46.2 Å². The van der Waals surface area contributed by atoms with Gasteiger partial charge >= 0.3 is 6.09 Å². The van der Waals surface area contributed by atoms with Crippen molar-refractivity contribution in [3.8, 4) is 0 Å². The number of carbonyl (C=O) groups is 2. The molecule has 1 saturated heterocycles. The van der Waals surface area contributed by atoms with E-state index in [1.165, 1.54) is 24.0 Å². The second-order valence-corrected chi connectivity index (χ2v) is 9.84. The highest BCUT2D eigenvalue weighted by Crippen LogP contribution is 2.36. The van der Waals surface area contributed by atoms with Gasteiger partial charge in [0.1, 0.15) is 11.9 Å². The van der Waals surface area contributed by atoms with Crippen molar-refractivity contribution in [1.29, 1.82) is 0 Å². The smallest absolute Gasteiger partial charge is 0.414 e. The summed E-state index contributed by atoms with van der Waals surface area (Å²) >= 11 is 1.47. The Morgan fingerprint density at radius 2 is 2.09 bits per heavy atom. The van der Waals surface area contributed by atoms with Crippen molar-refractivity contribution in [3.05, 3.63) is 58.3 Å². The van der Waals surface area contributed by atoms with Crippen molar-refractivity contribution in [1.82, 2.24) is 14.9 Å². The first-order chi connectivity index (χ1) is 17.0. The van der Waals surface area contributed by atoms with Crippen LogP contribution in [0.4, 0.5) is 20.6 Å². The van der Waals surface area contributed by atoms with E-state index in [1.54, 1.807) is 21.6 Å². The van der Waals surface area contributed by atoms with Crippen LogP contribution in [-0.4, -0.2) is 46.5 Å². The Morgan fingerprint density at radius 1 is 1.20 bits per heavy atom. The number of ether oxygens (including phenoxy) is 1. The van der Waals surface area contributed by atoms with Crippen molar-refractivity contribution in [2.24, 2.45) is 0 Å². The Labute approximate surface area is 203 Å². The maximum Gasteiger partial charge on any atom is 0.414 e. The lowest BCUT2D eigenvalue weighted by atomic mass is 10.1. The molecule has 2 aromatic heterocycles. The summed E-state index contributed by atoms with van der Waals surface area (Å²) in [4.78, 5) is 43.1. The van der Waals surface area contributed by atoms with Crippen LogP contribution in [0.3, 0.4) is 0 Å². The van der Waals surface area contributed by atoms with Crippen LogP contribution >= 0.6 is 11.8 Å². The normalized spacial score (nSPS) is 20.8. The fourth-order valence-electron chi connectivity index (χ4n) is 4.94. The molecule has 6 rings (SSSR count). The third kappa shape index (κ3) is 3.94. The van der Waals surface area contributed by atoms with Crippen LogP contribution in [0.5, 0.6) is 0 Å². The molecular weight excluding hydrogens is 473 g/mol. The zero-order valence-electron chi connectivity index (χ0n) is 18.6. The molecule has 0 saturated carbocycles. The first kappa shape index (κ1) is 22.1. The van der Waals surface area contributed by atoms with Gasteiger partial charge in [-0.1, -0.05) is 0 Å².